The highest BCUT2D eigenvalue weighted by molar-refractivity contribution is 5.66. The molecule has 2 rings (SSSR count). The molecule has 78 valence electrons. The quantitative estimate of drug-likeness (QED) is 0.729. The van der Waals surface area contributed by atoms with Crippen LogP contribution >= 0.6 is 0 Å². The Morgan fingerprint density at radius 1 is 1.27 bits per heavy atom. The summed E-state index contributed by atoms with van der Waals surface area (Å²) in [6.07, 6.45) is 3.26. The summed E-state index contributed by atoms with van der Waals surface area (Å²) in [5, 5.41) is 3.93. The van der Waals surface area contributed by atoms with Crippen molar-refractivity contribution in [2.45, 2.75) is 0 Å². The van der Waals surface area contributed by atoms with Gasteiger partial charge in [-0.1, -0.05) is 0 Å². The van der Waals surface area contributed by atoms with Gasteiger partial charge in [-0.2, -0.15) is 5.10 Å². The Labute approximate surface area is 85.1 Å². The Bertz CT molecular complexity index is 482. The lowest BCUT2D eigenvalue weighted by Gasteiger charge is -2.02. The smallest absolute Gasteiger partial charge is 0.181 e. The fraction of sp³-hybridized carbons (Fsp3) is 0.100. The average molecular weight is 209 g/mol. The highest BCUT2D eigenvalue weighted by atomic mass is 19.2. The molecule has 0 radical (unpaired) electrons. The minimum Gasteiger partial charge on any atom is -0.396 e. The van der Waals surface area contributed by atoms with Crippen molar-refractivity contribution in [3.8, 4) is 11.1 Å². The predicted molar refractivity (Wildman–Crippen MR) is 53.0 cm³/mol. The lowest BCUT2D eigenvalue weighted by Crippen LogP contribution is -1.95. The number of hydrogen-bond donors (Lipinski definition) is 1. The highest BCUT2D eigenvalue weighted by Gasteiger charge is 2.10. The van der Waals surface area contributed by atoms with Crippen LogP contribution < -0.4 is 5.73 Å². The molecule has 0 fully saturated rings. The zero-order chi connectivity index (χ0) is 11.0. The number of aryl methyl sites for hydroxylation is 1. The van der Waals surface area contributed by atoms with Gasteiger partial charge < -0.3 is 5.73 Å². The van der Waals surface area contributed by atoms with Crippen molar-refractivity contribution in [1.29, 1.82) is 0 Å². The van der Waals surface area contributed by atoms with Crippen LogP contribution in [-0.4, -0.2) is 9.78 Å². The Hall–Kier alpha value is -1.91. The summed E-state index contributed by atoms with van der Waals surface area (Å²) in [5.41, 5.74) is 6.33. The van der Waals surface area contributed by atoms with Crippen molar-refractivity contribution >= 4 is 5.69 Å². The minimum absolute atomic E-state index is 0.200. The molecule has 2 N–H and O–H groups in total. The number of anilines is 1. The SMILES string of the molecule is Cn1cc(-c2cc(N)c(F)c(F)c2)cn1. The van der Waals surface area contributed by atoms with Crippen LogP contribution in [0.5, 0.6) is 0 Å². The summed E-state index contributed by atoms with van der Waals surface area (Å²) in [5.74, 6) is -1.96. The molecule has 0 saturated carbocycles. The van der Waals surface area contributed by atoms with Gasteiger partial charge in [0.25, 0.3) is 0 Å². The second-order valence-corrected chi connectivity index (χ2v) is 3.26. The van der Waals surface area contributed by atoms with Gasteiger partial charge in [0, 0.05) is 18.8 Å². The number of benzene rings is 1. The molecular weight excluding hydrogens is 200 g/mol. The Balaban J connectivity index is 2.55. The maximum atomic E-state index is 13.1. The zero-order valence-corrected chi connectivity index (χ0v) is 8.04. The number of aromatic nitrogens is 2. The van der Waals surface area contributed by atoms with E-state index >= 15 is 0 Å². The van der Waals surface area contributed by atoms with E-state index in [1.807, 2.05) is 0 Å². The van der Waals surface area contributed by atoms with E-state index in [0.29, 0.717) is 11.1 Å². The number of nitrogens with zero attached hydrogens (tertiary/aromatic N) is 2. The lowest BCUT2D eigenvalue weighted by atomic mass is 10.1. The molecule has 1 heterocycles. The van der Waals surface area contributed by atoms with Crippen LogP contribution in [0.3, 0.4) is 0 Å². The van der Waals surface area contributed by atoms with Crippen molar-refractivity contribution < 1.29 is 8.78 Å². The fourth-order valence-corrected chi connectivity index (χ4v) is 1.35. The third-order valence-corrected chi connectivity index (χ3v) is 2.09. The molecule has 0 bridgehead atoms. The topological polar surface area (TPSA) is 43.8 Å². The third kappa shape index (κ3) is 1.68. The molecule has 0 unspecified atom stereocenters. The molecule has 0 aliphatic carbocycles. The van der Waals surface area contributed by atoms with Crippen LogP contribution in [0.1, 0.15) is 0 Å². The molecular formula is C10H9F2N3. The van der Waals surface area contributed by atoms with E-state index in [0.717, 1.165) is 6.07 Å². The second kappa shape index (κ2) is 3.34. The van der Waals surface area contributed by atoms with E-state index in [9.17, 15) is 8.78 Å². The molecule has 0 saturated heterocycles. The van der Waals surface area contributed by atoms with Gasteiger partial charge in [-0.15, -0.1) is 0 Å². The molecule has 0 aliphatic rings. The van der Waals surface area contributed by atoms with E-state index < -0.39 is 11.6 Å². The largest absolute Gasteiger partial charge is 0.396 e. The van der Waals surface area contributed by atoms with Crippen LogP contribution in [0.2, 0.25) is 0 Å². The minimum atomic E-state index is -1.01. The molecule has 1 aromatic carbocycles. The van der Waals surface area contributed by atoms with Gasteiger partial charge in [0.15, 0.2) is 11.6 Å². The Kier molecular flexibility index (Phi) is 2.15. The van der Waals surface area contributed by atoms with Crippen molar-refractivity contribution in [3.63, 3.8) is 0 Å². The Morgan fingerprint density at radius 3 is 2.53 bits per heavy atom. The molecule has 0 atom stereocenters. The first kappa shape index (κ1) is 9.64. The van der Waals surface area contributed by atoms with Crippen LogP contribution in [0, 0.1) is 11.6 Å². The number of rotatable bonds is 1. The van der Waals surface area contributed by atoms with Crippen molar-refractivity contribution in [1.82, 2.24) is 9.78 Å². The van der Waals surface area contributed by atoms with Gasteiger partial charge in [0.05, 0.1) is 11.9 Å². The number of hydrogen-bond acceptors (Lipinski definition) is 2. The maximum absolute atomic E-state index is 13.1. The van der Waals surface area contributed by atoms with Crippen LogP contribution in [0.15, 0.2) is 24.5 Å². The van der Waals surface area contributed by atoms with Gasteiger partial charge >= 0.3 is 0 Å². The van der Waals surface area contributed by atoms with Crippen LogP contribution in [0.25, 0.3) is 11.1 Å². The summed E-state index contributed by atoms with van der Waals surface area (Å²) < 4.78 is 27.5. The maximum Gasteiger partial charge on any atom is 0.181 e. The van der Waals surface area contributed by atoms with E-state index in [4.69, 9.17) is 5.73 Å². The molecule has 0 amide bonds. The standard InChI is InChI=1S/C10H9F2N3/c1-15-5-7(4-14-15)6-2-8(11)10(12)9(13)3-6/h2-5H,13H2,1H3. The number of halogens is 2. The monoisotopic (exact) mass is 209 g/mol. The summed E-state index contributed by atoms with van der Waals surface area (Å²) in [4.78, 5) is 0. The first-order valence-electron chi connectivity index (χ1n) is 4.31. The third-order valence-electron chi connectivity index (χ3n) is 2.09. The fourth-order valence-electron chi connectivity index (χ4n) is 1.35. The number of nitrogen functional groups attached to an aromatic ring is 1. The summed E-state index contributed by atoms with van der Waals surface area (Å²) >= 11 is 0. The second-order valence-electron chi connectivity index (χ2n) is 3.26. The first-order valence-corrected chi connectivity index (χ1v) is 4.31. The molecule has 2 aromatic rings. The average Bonchev–Trinajstić information content (AvgIpc) is 2.60. The Morgan fingerprint density at radius 2 is 2.00 bits per heavy atom. The lowest BCUT2D eigenvalue weighted by molar-refractivity contribution is 0.512. The van der Waals surface area contributed by atoms with E-state index in [1.54, 1.807) is 24.1 Å². The molecule has 0 aliphatic heterocycles. The first-order chi connectivity index (χ1) is 7.08. The van der Waals surface area contributed by atoms with Gasteiger partial charge in [-0.05, 0) is 17.7 Å². The van der Waals surface area contributed by atoms with Gasteiger partial charge in [-0.25, -0.2) is 8.78 Å². The molecule has 15 heavy (non-hydrogen) atoms. The van der Waals surface area contributed by atoms with Gasteiger partial charge in [0.2, 0.25) is 0 Å². The summed E-state index contributed by atoms with van der Waals surface area (Å²) in [7, 11) is 1.74. The molecule has 5 heteroatoms. The molecule has 3 nitrogen and oxygen atoms in total. The van der Waals surface area contributed by atoms with Crippen LogP contribution in [0.4, 0.5) is 14.5 Å². The van der Waals surface area contributed by atoms with Crippen molar-refractivity contribution in [2.75, 3.05) is 5.73 Å². The van der Waals surface area contributed by atoms with Crippen LogP contribution in [-0.2, 0) is 7.05 Å². The normalized spacial score (nSPS) is 10.6. The predicted octanol–water partition coefficient (Wildman–Crippen LogP) is 1.95. The van der Waals surface area contributed by atoms with E-state index in [1.165, 1.54) is 6.07 Å². The van der Waals surface area contributed by atoms with Gasteiger partial charge in [-0.3, -0.25) is 4.68 Å². The van der Waals surface area contributed by atoms with Gasteiger partial charge in [0.1, 0.15) is 0 Å². The highest BCUT2D eigenvalue weighted by Crippen LogP contribution is 2.24. The molecule has 1 aromatic heterocycles. The van der Waals surface area contributed by atoms with Crippen molar-refractivity contribution in [2.24, 2.45) is 7.05 Å². The van der Waals surface area contributed by atoms with E-state index in [-0.39, 0.29) is 5.69 Å². The van der Waals surface area contributed by atoms with Crippen molar-refractivity contribution in [3.05, 3.63) is 36.2 Å². The summed E-state index contributed by atoms with van der Waals surface area (Å²) in [6.45, 7) is 0. The summed E-state index contributed by atoms with van der Waals surface area (Å²) in [6, 6.07) is 2.48. The zero-order valence-electron chi connectivity index (χ0n) is 8.04. The van der Waals surface area contributed by atoms with E-state index in [2.05, 4.69) is 5.10 Å². The number of nitrogens with two attached hydrogens (primary N) is 1. The molecule has 0 spiro atoms.